The largest absolute Gasteiger partial charge is 0.389 e. The average molecular weight is 282 g/mol. The zero-order valence-corrected chi connectivity index (χ0v) is 11.6. The zero-order chi connectivity index (χ0) is 13.5. The predicted molar refractivity (Wildman–Crippen MR) is 72.7 cm³/mol. The van der Waals surface area contributed by atoms with Crippen molar-refractivity contribution in [2.24, 2.45) is 7.05 Å². The third kappa shape index (κ3) is 4.71. The molecular formula is C12H18N4O2S. The maximum atomic E-state index is 9.75. The van der Waals surface area contributed by atoms with Gasteiger partial charge in [0, 0.05) is 18.5 Å². The minimum Gasteiger partial charge on any atom is -0.389 e. The van der Waals surface area contributed by atoms with Crippen LogP contribution in [0.4, 0.5) is 0 Å². The van der Waals surface area contributed by atoms with E-state index < -0.39 is 6.10 Å². The summed E-state index contributed by atoms with van der Waals surface area (Å²) in [6.45, 7) is 1.93. The number of aliphatic hydroxyl groups excluding tert-OH is 1. The lowest BCUT2D eigenvalue weighted by Gasteiger charge is -2.11. The number of thiophene rings is 1. The quantitative estimate of drug-likeness (QED) is 0.739. The van der Waals surface area contributed by atoms with Gasteiger partial charge < -0.3 is 19.7 Å². The smallest absolute Gasteiger partial charge is 0.146 e. The van der Waals surface area contributed by atoms with Crippen LogP contribution in [0.25, 0.3) is 0 Å². The summed E-state index contributed by atoms with van der Waals surface area (Å²) in [7, 11) is 1.89. The number of nitrogens with one attached hydrogen (secondary N) is 1. The van der Waals surface area contributed by atoms with Gasteiger partial charge >= 0.3 is 0 Å². The van der Waals surface area contributed by atoms with Crippen molar-refractivity contribution in [1.82, 2.24) is 20.1 Å². The molecule has 7 heteroatoms. The Labute approximate surface area is 116 Å². The third-order valence-electron chi connectivity index (χ3n) is 2.60. The molecule has 19 heavy (non-hydrogen) atoms. The first-order valence-corrected chi connectivity index (χ1v) is 6.95. The minimum absolute atomic E-state index is 0.323. The van der Waals surface area contributed by atoms with Gasteiger partial charge in [0.1, 0.15) is 12.2 Å². The molecule has 0 spiro atoms. The van der Waals surface area contributed by atoms with E-state index in [4.69, 9.17) is 4.74 Å². The van der Waals surface area contributed by atoms with Gasteiger partial charge in [0.2, 0.25) is 0 Å². The van der Waals surface area contributed by atoms with Crippen LogP contribution >= 0.6 is 11.3 Å². The molecule has 0 fully saturated rings. The molecule has 6 nitrogen and oxygen atoms in total. The molecule has 0 radical (unpaired) electrons. The predicted octanol–water partition coefficient (Wildman–Crippen LogP) is 0.544. The first kappa shape index (κ1) is 14.1. The van der Waals surface area contributed by atoms with Crippen LogP contribution in [0.5, 0.6) is 0 Å². The molecule has 0 aromatic carbocycles. The fraction of sp³-hybridized carbons (Fsp3) is 0.500. The highest BCUT2D eigenvalue weighted by Crippen LogP contribution is 2.09. The molecular weight excluding hydrogens is 264 g/mol. The van der Waals surface area contributed by atoms with E-state index in [1.807, 2.05) is 29.1 Å². The molecule has 0 aliphatic rings. The highest BCUT2D eigenvalue weighted by Gasteiger charge is 2.06. The fourth-order valence-electron chi connectivity index (χ4n) is 1.57. The zero-order valence-electron chi connectivity index (χ0n) is 10.8. The number of rotatable bonds is 8. The third-order valence-corrected chi connectivity index (χ3v) is 3.45. The van der Waals surface area contributed by atoms with Crippen LogP contribution in [0, 0.1) is 0 Å². The van der Waals surface area contributed by atoms with Crippen LogP contribution in [0.1, 0.15) is 10.7 Å². The van der Waals surface area contributed by atoms with Crippen molar-refractivity contribution in [3.05, 3.63) is 34.5 Å². The number of aromatic nitrogens is 3. The number of ether oxygens (including phenoxy) is 1. The van der Waals surface area contributed by atoms with E-state index in [9.17, 15) is 5.11 Å². The summed E-state index contributed by atoms with van der Waals surface area (Å²) in [4.78, 5) is 1.17. The normalized spacial score (nSPS) is 12.7. The number of aryl methyl sites for hydroxylation is 1. The SMILES string of the molecule is Cn1cnnc1CNCC(O)COCc1cccs1. The van der Waals surface area contributed by atoms with E-state index in [0.717, 1.165) is 5.82 Å². The summed E-state index contributed by atoms with van der Waals surface area (Å²) in [5.74, 6) is 0.840. The molecule has 1 unspecified atom stereocenters. The lowest BCUT2D eigenvalue weighted by atomic mass is 10.3. The van der Waals surface area contributed by atoms with Crippen LogP contribution in [0.2, 0.25) is 0 Å². The van der Waals surface area contributed by atoms with Crippen molar-refractivity contribution in [2.75, 3.05) is 13.2 Å². The number of hydrogen-bond donors (Lipinski definition) is 2. The van der Waals surface area contributed by atoms with E-state index in [2.05, 4.69) is 15.5 Å². The highest BCUT2D eigenvalue weighted by atomic mass is 32.1. The fourth-order valence-corrected chi connectivity index (χ4v) is 2.21. The van der Waals surface area contributed by atoms with Gasteiger partial charge in [-0.05, 0) is 11.4 Å². The Balaban J connectivity index is 1.57. The Kier molecular flexibility index (Phi) is 5.46. The Morgan fingerprint density at radius 3 is 3.16 bits per heavy atom. The number of nitrogens with zero attached hydrogens (tertiary/aromatic N) is 3. The highest BCUT2D eigenvalue weighted by molar-refractivity contribution is 7.09. The van der Waals surface area contributed by atoms with Crippen molar-refractivity contribution in [3.63, 3.8) is 0 Å². The van der Waals surface area contributed by atoms with E-state index in [-0.39, 0.29) is 0 Å². The van der Waals surface area contributed by atoms with Gasteiger partial charge in [-0.2, -0.15) is 0 Å². The Bertz CT molecular complexity index is 472. The second-order valence-electron chi connectivity index (χ2n) is 4.24. The molecule has 0 bridgehead atoms. The summed E-state index contributed by atoms with van der Waals surface area (Å²) in [6.07, 6.45) is 1.13. The Morgan fingerprint density at radius 2 is 2.47 bits per heavy atom. The molecule has 2 aromatic heterocycles. The van der Waals surface area contributed by atoms with Crippen LogP contribution in [-0.4, -0.2) is 39.1 Å². The molecule has 0 amide bonds. The molecule has 104 valence electrons. The van der Waals surface area contributed by atoms with Gasteiger partial charge in [0.05, 0.1) is 25.9 Å². The molecule has 0 saturated heterocycles. The summed E-state index contributed by atoms with van der Waals surface area (Å²) < 4.78 is 7.28. The van der Waals surface area contributed by atoms with Gasteiger partial charge in [-0.1, -0.05) is 6.07 Å². The second kappa shape index (κ2) is 7.34. The lowest BCUT2D eigenvalue weighted by molar-refractivity contribution is 0.0296. The first-order chi connectivity index (χ1) is 9.25. The topological polar surface area (TPSA) is 72.2 Å². The molecule has 2 N–H and O–H groups in total. The maximum Gasteiger partial charge on any atom is 0.146 e. The van der Waals surface area contributed by atoms with Gasteiger partial charge in [0.15, 0.2) is 0 Å². The van der Waals surface area contributed by atoms with Crippen molar-refractivity contribution in [3.8, 4) is 0 Å². The van der Waals surface area contributed by atoms with Gasteiger partial charge in [-0.3, -0.25) is 0 Å². The van der Waals surface area contributed by atoms with Gasteiger partial charge in [0.25, 0.3) is 0 Å². The maximum absolute atomic E-state index is 9.75. The van der Waals surface area contributed by atoms with Crippen molar-refractivity contribution in [2.45, 2.75) is 19.3 Å². The van der Waals surface area contributed by atoms with Crippen molar-refractivity contribution in [1.29, 1.82) is 0 Å². The summed E-state index contributed by atoms with van der Waals surface area (Å²) in [6, 6.07) is 4.01. The summed E-state index contributed by atoms with van der Waals surface area (Å²) in [5.41, 5.74) is 0. The van der Waals surface area contributed by atoms with E-state index in [1.54, 1.807) is 17.7 Å². The lowest BCUT2D eigenvalue weighted by Crippen LogP contribution is -2.30. The Morgan fingerprint density at radius 1 is 1.58 bits per heavy atom. The molecule has 0 aliphatic carbocycles. The Hall–Kier alpha value is -1.28. The molecule has 1 atom stereocenters. The second-order valence-corrected chi connectivity index (χ2v) is 5.27. The summed E-state index contributed by atoms with van der Waals surface area (Å²) >= 11 is 1.65. The van der Waals surface area contributed by atoms with E-state index in [1.165, 1.54) is 4.88 Å². The van der Waals surface area contributed by atoms with Crippen LogP contribution in [-0.2, 0) is 24.9 Å². The monoisotopic (exact) mass is 282 g/mol. The molecule has 2 rings (SSSR count). The van der Waals surface area contributed by atoms with Crippen LogP contribution < -0.4 is 5.32 Å². The van der Waals surface area contributed by atoms with E-state index in [0.29, 0.717) is 26.3 Å². The standard InChI is InChI=1S/C12H18N4O2S/c1-16-9-14-15-12(16)6-13-5-10(17)7-18-8-11-3-2-4-19-11/h2-4,9-10,13,17H,5-8H2,1H3. The van der Waals surface area contributed by atoms with Crippen molar-refractivity contribution < 1.29 is 9.84 Å². The molecule has 0 saturated carbocycles. The molecule has 0 aliphatic heterocycles. The molecule has 2 heterocycles. The van der Waals surface area contributed by atoms with Gasteiger partial charge in [-0.25, -0.2) is 0 Å². The molecule has 2 aromatic rings. The van der Waals surface area contributed by atoms with Crippen molar-refractivity contribution >= 4 is 11.3 Å². The number of aliphatic hydroxyl groups is 1. The average Bonchev–Trinajstić information content (AvgIpc) is 3.02. The van der Waals surface area contributed by atoms with E-state index >= 15 is 0 Å². The van der Waals surface area contributed by atoms with Gasteiger partial charge in [-0.15, -0.1) is 21.5 Å². The number of hydrogen-bond acceptors (Lipinski definition) is 6. The minimum atomic E-state index is -0.520. The van der Waals surface area contributed by atoms with Crippen LogP contribution in [0.3, 0.4) is 0 Å². The van der Waals surface area contributed by atoms with Crippen LogP contribution in [0.15, 0.2) is 23.8 Å². The summed E-state index contributed by atoms with van der Waals surface area (Å²) in [5, 5.41) is 22.6. The first-order valence-electron chi connectivity index (χ1n) is 6.07.